The first kappa shape index (κ1) is 15.6. The molecule has 0 saturated carbocycles. The first-order valence-corrected chi connectivity index (χ1v) is 0.775. The number of hydrogen-bond donors (Lipinski definition) is 3. The van der Waals surface area contributed by atoms with Gasteiger partial charge in [-0.25, -0.2) is 0 Å². The molecule has 0 unspecified atom stereocenters. The molecule has 3 N–H and O–H groups in total. The second-order valence-corrected chi connectivity index (χ2v) is 0.346. The van der Waals surface area contributed by atoms with Gasteiger partial charge in [0.15, 0.2) is 0 Å². The van der Waals surface area contributed by atoms with Crippen LogP contribution in [-0.2, 0) is 0 Å². The Labute approximate surface area is 79.2 Å². The number of hydrogen-bond acceptors (Lipinski definition) is 3. The van der Waals surface area contributed by atoms with Crippen molar-refractivity contribution >= 4 is 65.2 Å². The van der Waals surface area contributed by atoms with Gasteiger partial charge in [0.2, 0.25) is 0 Å². The van der Waals surface area contributed by atoms with E-state index in [0.29, 0.717) is 0 Å². The molecule has 0 heterocycles. The molecule has 0 radical (unpaired) electrons. The van der Waals surface area contributed by atoms with Crippen LogP contribution < -0.4 is 0 Å². The predicted octanol–water partition coefficient (Wildman–Crippen LogP) is -2.55. The molecule has 6 heteroatoms. The summed E-state index contributed by atoms with van der Waals surface area (Å²) in [6, 6.07) is 0. The van der Waals surface area contributed by atoms with Crippen molar-refractivity contribution in [2.45, 2.75) is 0 Å². The third-order valence-electron chi connectivity index (χ3n) is 0. The summed E-state index contributed by atoms with van der Waals surface area (Å²) in [6.07, 6.45) is 0. The Morgan fingerprint density at radius 1 is 1.00 bits per heavy atom. The van der Waals surface area contributed by atoms with E-state index in [1.165, 1.54) is 0 Å². The van der Waals surface area contributed by atoms with Crippen LogP contribution in [0.25, 0.3) is 0 Å². The van der Waals surface area contributed by atoms with Crippen LogP contribution in [0.2, 0.25) is 0 Å². The minimum absolute atomic E-state index is 0. The molecule has 0 spiro atoms. The monoisotopic (exact) mass is 188 g/mol. The Balaban J connectivity index is -0.0000000450. The summed E-state index contributed by atoms with van der Waals surface area (Å²) in [6.45, 7) is 0. The first-order valence-electron chi connectivity index (χ1n) is 0.775. The van der Waals surface area contributed by atoms with E-state index in [1.54, 1.807) is 0 Å². The van der Waals surface area contributed by atoms with Crippen LogP contribution in [0.4, 0.5) is 0 Å². The average molecular weight is 188 g/mol. The molecule has 3 nitrogen and oxygen atoms in total. The fraction of sp³-hybridized carbons (Fsp3) is 0. The average Bonchev–Trinajstić information content (AvgIpc) is 0.811. The van der Waals surface area contributed by atoms with E-state index in [1.807, 2.05) is 0 Å². The minimum atomic E-state index is -2.17. The van der Waals surface area contributed by atoms with Gasteiger partial charge in [-0.15, -0.1) is 12.4 Å². The van der Waals surface area contributed by atoms with Crippen LogP contribution in [0.1, 0.15) is 0 Å². The van der Waals surface area contributed by atoms with Crippen LogP contribution >= 0.6 is 12.4 Å². The molecule has 0 aromatic carbocycles. The van der Waals surface area contributed by atoms with E-state index in [-0.39, 0.29) is 57.9 Å². The molecule has 0 atom stereocenters. The molecule has 0 fully saturated rings. The fourth-order valence-electron chi connectivity index (χ4n) is 0. The van der Waals surface area contributed by atoms with Crippen LogP contribution in [-0.4, -0.2) is 67.9 Å². The molecule has 0 saturated heterocycles. The van der Waals surface area contributed by atoms with E-state index in [2.05, 4.69) is 0 Å². The Hall–Kier alpha value is 1.72. The van der Waals surface area contributed by atoms with Gasteiger partial charge in [-0.3, -0.25) is 0 Å². The zero-order valence-electron chi connectivity index (χ0n) is 2.33. The molecular formula is H6BClO3Sr. The SMILES string of the molecule is Cl.OB(O)O.[SrH2]. The zero-order chi connectivity index (χ0) is 3.58. The van der Waals surface area contributed by atoms with Crippen LogP contribution in [0, 0.1) is 0 Å². The van der Waals surface area contributed by atoms with Gasteiger partial charge in [0.1, 0.15) is 0 Å². The van der Waals surface area contributed by atoms with Crippen molar-refractivity contribution in [3.8, 4) is 0 Å². The van der Waals surface area contributed by atoms with Gasteiger partial charge >= 0.3 is 52.8 Å². The molecule has 0 rings (SSSR count). The Kier molecular flexibility index (Phi) is 25.7. The van der Waals surface area contributed by atoms with Crippen molar-refractivity contribution in [1.29, 1.82) is 0 Å². The van der Waals surface area contributed by atoms with Gasteiger partial charge in [0.05, 0.1) is 0 Å². The predicted molar refractivity (Wildman–Crippen MR) is 28.2 cm³/mol. The Morgan fingerprint density at radius 3 is 1.00 bits per heavy atom. The summed E-state index contributed by atoms with van der Waals surface area (Å²) in [5, 5.41) is 21.5. The Bertz CT molecular complexity index is 15.5. The van der Waals surface area contributed by atoms with E-state index in [4.69, 9.17) is 15.1 Å². The van der Waals surface area contributed by atoms with Gasteiger partial charge in [0, 0.05) is 0 Å². The van der Waals surface area contributed by atoms with Crippen molar-refractivity contribution in [2.24, 2.45) is 0 Å². The summed E-state index contributed by atoms with van der Waals surface area (Å²) < 4.78 is 0. The number of halogens is 1. The molecule has 0 aliphatic rings. The molecule has 0 aromatic rings. The zero-order valence-corrected chi connectivity index (χ0v) is 3.14. The second kappa shape index (κ2) is 9.87. The molecule has 0 aliphatic heterocycles. The van der Waals surface area contributed by atoms with Crippen molar-refractivity contribution in [2.75, 3.05) is 0 Å². The molecular weight excluding hydrogens is 182 g/mol. The van der Waals surface area contributed by atoms with E-state index >= 15 is 0 Å². The molecule has 6 heavy (non-hydrogen) atoms. The third kappa shape index (κ3) is 43.2. The van der Waals surface area contributed by atoms with Gasteiger partial charge < -0.3 is 15.1 Å². The normalized spacial score (nSPS) is 4.50. The molecule has 36 valence electrons. The van der Waals surface area contributed by atoms with Crippen molar-refractivity contribution < 1.29 is 15.1 Å². The van der Waals surface area contributed by atoms with Gasteiger partial charge in [-0.2, -0.15) is 0 Å². The van der Waals surface area contributed by atoms with E-state index in [0.717, 1.165) is 0 Å². The fourth-order valence-corrected chi connectivity index (χ4v) is 0. The summed E-state index contributed by atoms with van der Waals surface area (Å²) in [4.78, 5) is 0. The van der Waals surface area contributed by atoms with Crippen molar-refractivity contribution in [1.82, 2.24) is 0 Å². The summed E-state index contributed by atoms with van der Waals surface area (Å²) in [5.74, 6) is 0. The molecule has 0 aromatic heterocycles. The molecule has 0 aliphatic carbocycles. The third-order valence-corrected chi connectivity index (χ3v) is 0. The molecule has 0 bridgehead atoms. The topological polar surface area (TPSA) is 60.7 Å². The van der Waals surface area contributed by atoms with Crippen molar-refractivity contribution in [3.05, 3.63) is 0 Å². The number of rotatable bonds is 0. The van der Waals surface area contributed by atoms with Crippen LogP contribution in [0.5, 0.6) is 0 Å². The summed E-state index contributed by atoms with van der Waals surface area (Å²) in [7, 11) is -2.17. The van der Waals surface area contributed by atoms with E-state index in [9.17, 15) is 0 Å². The van der Waals surface area contributed by atoms with E-state index < -0.39 is 7.32 Å². The van der Waals surface area contributed by atoms with Gasteiger partial charge in [0.25, 0.3) is 0 Å². The van der Waals surface area contributed by atoms with Gasteiger partial charge in [-0.05, 0) is 0 Å². The van der Waals surface area contributed by atoms with Gasteiger partial charge in [-0.1, -0.05) is 0 Å². The Morgan fingerprint density at radius 2 is 1.00 bits per heavy atom. The van der Waals surface area contributed by atoms with Crippen LogP contribution in [0.15, 0.2) is 0 Å². The summed E-state index contributed by atoms with van der Waals surface area (Å²) in [5.41, 5.74) is 0. The summed E-state index contributed by atoms with van der Waals surface area (Å²) >= 11 is 0. The molecule has 0 amide bonds. The quantitative estimate of drug-likeness (QED) is 0.367. The van der Waals surface area contributed by atoms with Crippen LogP contribution in [0.3, 0.4) is 0 Å². The maximum absolute atomic E-state index is 7.17. The second-order valence-electron chi connectivity index (χ2n) is 0.346. The first-order chi connectivity index (χ1) is 1.73. The van der Waals surface area contributed by atoms with Crippen molar-refractivity contribution in [3.63, 3.8) is 0 Å². The maximum atomic E-state index is 7.17. The standard InChI is InChI=1S/BH3O3.ClH.Sr.2H/c2-1(3)4;;;;/h2-4H;1H;;;.